The molecule has 6 rings (SSSR count). The van der Waals surface area contributed by atoms with Gasteiger partial charge in [0.15, 0.2) is 5.82 Å². The van der Waals surface area contributed by atoms with E-state index in [2.05, 4.69) is 16.0 Å². The van der Waals surface area contributed by atoms with Crippen LogP contribution in [-0.4, -0.2) is 33.2 Å². The number of halogens is 6. The minimum Gasteiger partial charge on any atom is -0.481 e. The Kier molecular flexibility index (Phi) is 21.3. The standard InChI is InChI=1S/C18H19Cl2NO2.C18H19ClFNO2.C17H17Cl2NO2/c2*1-3-11-5-7-15(12(9-11)10-17(22)23)21-16-8-6-14(19)13(4-2)18(16)20;1-3-12-13(18)5-7-15(17(12)19)20-14-6-4-10(2)8-11(14)9-16(21)22/h2*5-9,21H,3-4,10H2,1-2H3,(H,22,23);4-8,20H,3,9H2,1-2H3,(H,21,22). The molecule has 0 heterocycles. The van der Waals surface area contributed by atoms with Crippen molar-refractivity contribution in [3.63, 3.8) is 0 Å². The van der Waals surface area contributed by atoms with E-state index in [0.29, 0.717) is 54.0 Å². The maximum atomic E-state index is 14.5. The van der Waals surface area contributed by atoms with E-state index in [4.69, 9.17) is 73.3 Å². The first-order chi connectivity index (χ1) is 32.3. The van der Waals surface area contributed by atoms with E-state index in [0.717, 1.165) is 87.4 Å². The fraction of sp³-hybridized carbons (Fsp3) is 0.264. The largest absolute Gasteiger partial charge is 0.481 e. The van der Waals surface area contributed by atoms with Crippen LogP contribution in [0.4, 0.5) is 38.5 Å². The average molecular weight is 1030 g/mol. The zero-order valence-corrected chi connectivity index (χ0v) is 42.4. The molecule has 6 aromatic carbocycles. The normalized spacial score (nSPS) is 10.6. The van der Waals surface area contributed by atoms with E-state index in [1.807, 2.05) is 96.1 Å². The summed E-state index contributed by atoms with van der Waals surface area (Å²) < 4.78 is 14.5. The number of carboxylic acid groups (broad SMARTS) is 3. The highest BCUT2D eigenvalue weighted by Crippen LogP contribution is 2.37. The molecule has 0 aromatic heterocycles. The molecule has 0 aliphatic carbocycles. The maximum Gasteiger partial charge on any atom is 0.307 e. The SMILES string of the molecule is CCc1c(Cl)ccc(Nc2ccc(C)cc2CC(=O)O)c1Cl.CCc1ccc(Nc2ccc(Cl)c(CC)c2Cl)c(CC(=O)O)c1.CCc1ccc(Nc2ccc(Cl)c(CC)c2F)c(CC(=O)O)c1. The lowest BCUT2D eigenvalue weighted by atomic mass is 10.0. The van der Waals surface area contributed by atoms with Gasteiger partial charge < -0.3 is 31.3 Å². The Bertz CT molecular complexity index is 2640. The predicted molar refractivity (Wildman–Crippen MR) is 279 cm³/mol. The van der Waals surface area contributed by atoms with Crippen LogP contribution in [0, 0.1) is 12.7 Å². The summed E-state index contributed by atoms with van der Waals surface area (Å²) in [6, 6.07) is 27.4. The van der Waals surface area contributed by atoms with Crippen LogP contribution in [-0.2, 0) is 65.8 Å². The van der Waals surface area contributed by atoms with Gasteiger partial charge in [0.1, 0.15) is 0 Å². The monoisotopic (exact) mass is 1020 g/mol. The van der Waals surface area contributed by atoms with E-state index in [-0.39, 0.29) is 19.3 Å². The van der Waals surface area contributed by atoms with Gasteiger partial charge in [0.2, 0.25) is 0 Å². The quantitative estimate of drug-likeness (QED) is 0.0525. The van der Waals surface area contributed by atoms with Crippen molar-refractivity contribution in [2.45, 2.75) is 92.9 Å². The van der Waals surface area contributed by atoms with Crippen LogP contribution in [0.2, 0.25) is 25.1 Å². The van der Waals surface area contributed by atoms with Crippen LogP contribution in [0.1, 0.15) is 84.7 Å². The highest BCUT2D eigenvalue weighted by atomic mass is 35.5. The molecule has 0 aliphatic rings. The molecule has 0 atom stereocenters. The fourth-order valence-corrected chi connectivity index (χ4v) is 8.89. The third-order valence-electron chi connectivity index (χ3n) is 10.9. The minimum atomic E-state index is -0.924. The van der Waals surface area contributed by atoms with Crippen LogP contribution in [0.25, 0.3) is 0 Å². The van der Waals surface area contributed by atoms with Crippen LogP contribution >= 0.6 is 58.0 Å². The molecule has 6 N–H and O–H groups in total. The highest BCUT2D eigenvalue weighted by molar-refractivity contribution is 6.38. The molecule has 0 amide bonds. The van der Waals surface area contributed by atoms with Crippen molar-refractivity contribution < 1.29 is 34.1 Å². The number of hydrogen-bond donors (Lipinski definition) is 6. The first kappa shape index (κ1) is 55.1. The van der Waals surface area contributed by atoms with Gasteiger partial charge in [0.05, 0.1) is 46.4 Å². The third kappa shape index (κ3) is 15.3. The smallest absolute Gasteiger partial charge is 0.307 e. The van der Waals surface area contributed by atoms with E-state index >= 15 is 0 Å². The molecule has 0 unspecified atom stereocenters. The van der Waals surface area contributed by atoms with E-state index in [1.165, 1.54) is 0 Å². The second kappa shape index (κ2) is 26.3. The molecule has 9 nitrogen and oxygen atoms in total. The van der Waals surface area contributed by atoms with E-state index < -0.39 is 23.7 Å². The number of nitrogens with one attached hydrogen (secondary N) is 3. The highest BCUT2D eigenvalue weighted by Gasteiger charge is 2.17. The van der Waals surface area contributed by atoms with Crippen LogP contribution in [0.15, 0.2) is 91.0 Å². The topological polar surface area (TPSA) is 148 Å². The number of aryl methyl sites for hydroxylation is 3. The van der Waals surface area contributed by atoms with Crippen molar-refractivity contribution in [1.29, 1.82) is 0 Å². The Balaban J connectivity index is 0.000000222. The lowest BCUT2D eigenvalue weighted by Gasteiger charge is -2.16. The molecule has 0 radical (unpaired) electrons. The zero-order valence-electron chi connectivity index (χ0n) is 38.7. The summed E-state index contributed by atoms with van der Waals surface area (Å²) in [5.74, 6) is -3.06. The summed E-state index contributed by atoms with van der Waals surface area (Å²) in [6.07, 6.45) is 3.39. The van der Waals surface area contributed by atoms with Gasteiger partial charge in [0, 0.05) is 37.7 Å². The van der Waals surface area contributed by atoms with Crippen LogP contribution in [0.5, 0.6) is 0 Å². The number of hydrogen-bond acceptors (Lipinski definition) is 6. The average Bonchev–Trinajstić information content (AvgIpc) is 3.28. The van der Waals surface area contributed by atoms with Gasteiger partial charge in [-0.25, -0.2) is 4.39 Å². The fourth-order valence-electron chi connectivity index (χ4n) is 7.24. The van der Waals surface area contributed by atoms with Gasteiger partial charge >= 0.3 is 17.9 Å². The third-order valence-corrected chi connectivity index (χ3v) is 12.8. The number of anilines is 6. The second-order valence-corrected chi connectivity index (χ2v) is 17.6. The van der Waals surface area contributed by atoms with Gasteiger partial charge in [-0.3, -0.25) is 14.4 Å². The zero-order chi connectivity index (χ0) is 50.2. The number of carbonyl (C=O) groups is 3. The summed E-state index contributed by atoms with van der Waals surface area (Å²) >= 11 is 31.1. The van der Waals surface area contributed by atoms with Gasteiger partial charge in [-0.15, -0.1) is 0 Å². The molecule has 68 heavy (non-hydrogen) atoms. The van der Waals surface area contributed by atoms with E-state index in [1.54, 1.807) is 36.4 Å². The molecule has 360 valence electrons. The Labute approximate surface area is 422 Å². The Morgan fingerprint density at radius 3 is 1.13 bits per heavy atom. The first-order valence-electron chi connectivity index (χ1n) is 22.0. The first-order valence-corrected chi connectivity index (χ1v) is 23.9. The van der Waals surface area contributed by atoms with Crippen molar-refractivity contribution in [3.8, 4) is 0 Å². The van der Waals surface area contributed by atoms with Crippen molar-refractivity contribution in [2.75, 3.05) is 16.0 Å². The summed E-state index contributed by atoms with van der Waals surface area (Å²) in [5, 5.41) is 39.5. The van der Waals surface area contributed by atoms with Gasteiger partial charge in [-0.1, -0.05) is 135 Å². The Morgan fingerprint density at radius 1 is 0.441 bits per heavy atom. The minimum absolute atomic E-state index is 0.0397. The number of carboxylic acids is 3. The van der Waals surface area contributed by atoms with Gasteiger partial charge in [0.25, 0.3) is 0 Å². The summed E-state index contributed by atoms with van der Waals surface area (Å²) in [6.45, 7) is 11.8. The molecule has 15 heteroatoms. The molecule has 0 spiro atoms. The second-order valence-electron chi connectivity index (χ2n) is 15.7. The van der Waals surface area contributed by atoms with Crippen LogP contribution < -0.4 is 16.0 Å². The molecule has 0 aliphatic heterocycles. The maximum absolute atomic E-state index is 14.5. The van der Waals surface area contributed by atoms with E-state index in [9.17, 15) is 18.8 Å². The molecule has 0 fully saturated rings. The molecule has 6 aromatic rings. The van der Waals surface area contributed by atoms with Crippen LogP contribution in [0.3, 0.4) is 0 Å². The van der Waals surface area contributed by atoms with Crippen molar-refractivity contribution in [3.05, 3.63) is 172 Å². The summed E-state index contributed by atoms with van der Waals surface area (Å²) in [7, 11) is 0. The molecule has 0 bridgehead atoms. The summed E-state index contributed by atoms with van der Waals surface area (Å²) in [5.41, 5.74) is 11.2. The molecule has 0 saturated heterocycles. The number of aliphatic carboxylic acids is 3. The van der Waals surface area contributed by atoms with Gasteiger partial charge in [-0.05, 0) is 133 Å². The lowest BCUT2D eigenvalue weighted by molar-refractivity contribution is -0.137. The summed E-state index contributed by atoms with van der Waals surface area (Å²) in [4.78, 5) is 33.2. The Morgan fingerprint density at radius 2 is 0.765 bits per heavy atom. The van der Waals surface area contributed by atoms with Crippen molar-refractivity contribution >= 4 is 110 Å². The molecular weight excluding hydrogens is 971 g/mol. The lowest BCUT2D eigenvalue weighted by Crippen LogP contribution is -2.06. The molecular formula is C53H55Cl5FN3O6. The van der Waals surface area contributed by atoms with Crippen molar-refractivity contribution in [2.24, 2.45) is 0 Å². The Hall–Kier alpha value is -5.49. The predicted octanol–water partition coefficient (Wildman–Crippen LogP) is 15.7. The van der Waals surface area contributed by atoms with Crippen molar-refractivity contribution in [1.82, 2.24) is 0 Å². The number of rotatable bonds is 17. The van der Waals surface area contributed by atoms with Gasteiger partial charge in [-0.2, -0.15) is 0 Å². The molecule has 0 saturated carbocycles. The number of benzene rings is 6.